The second-order valence-corrected chi connectivity index (χ2v) is 4.47. The van der Waals surface area contributed by atoms with Crippen LogP contribution < -0.4 is 0 Å². The summed E-state index contributed by atoms with van der Waals surface area (Å²) in [4.78, 5) is 0. The van der Waals surface area contributed by atoms with Gasteiger partial charge >= 0.3 is 0 Å². The summed E-state index contributed by atoms with van der Waals surface area (Å²) in [6.45, 7) is 6.39. The van der Waals surface area contributed by atoms with Crippen molar-refractivity contribution in [3.8, 4) is 5.88 Å². The molecule has 1 aromatic heterocycles. The zero-order valence-corrected chi connectivity index (χ0v) is 8.53. The number of rotatable bonds is 0. The molecular weight excluding hydrogens is 178 g/mol. The molecule has 0 spiro atoms. The lowest BCUT2D eigenvalue weighted by Gasteiger charge is -2.18. The van der Waals surface area contributed by atoms with Gasteiger partial charge in [0, 0.05) is 0 Å². The Morgan fingerprint density at radius 2 is 2.00 bits per heavy atom. The van der Waals surface area contributed by atoms with Gasteiger partial charge in [-0.15, -0.1) is 0 Å². The van der Waals surface area contributed by atoms with Gasteiger partial charge in [-0.05, 0) is 28.3 Å². The second kappa shape index (κ2) is 2.74. The highest BCUT2D eigenvalue weighted by molar-refractivity contribution is 5.82. The fourth-order valence-corrected chi connectivity index (χ4v) is 1.39. The molecule has 0 atom stereocenters. The Bertz CT molecular complexity index is 466. The Kier molecular flexibility index (Phi) is 1.77. The third kappa shape index (κ3) is 1.35. The molecule has 0 aliphatic heterocycles. The predicted octanol–water partition coefficient (Wildman–Crippen LogP) is 2.83. The molecule has 0 saturated carbocycles. The molecule has 1 N–H and O–H groups in total. The van der Waals surface area contributed by atoms with E-state index in [1.807, 2.05) is 18.2 Å². The van der Waals surface area contributed by atoms with E-state index in [0.29, 0.717) is 11.0 Å². The van der Waals surface area contributed by atoms with Crippen molar-refractivity contribution in [2.75, 3.05) is 0 Å². The summed E-state index contributed by atoms with van der Waals surface area (Å²) < 4.78 is 4.98. The van der Waals surface area contributed by atoms with Crippen molar-refractivity contribution in [3.05, 3.63) is 23.8 Å². The molecule has 0 saturated heterocycles. The highest BCUT2D eigenvalue weighted by atomic mass is 16.5. The molecule has 0 aliphatic rings. The monoisotopic (exact) mass is 191 g/mol. The number of hydrogen-bond donors (Lipinski definition) is 1. The molecule has 74 valence electrons. The third-order valence-electron chi connectivity index (χ3n) is 2.32. The van der Waals surface area contributed by atoms with Crippen molar-refractivity contribution in [3.63, 3.8) is 0 Å². The van der Waals surface area contributed by atoms with Crippen LogP contribution in [0.5, 0.6) is 5.88 Å². The van der Waals surface area contributed by atoms with Gasteiger partial charge in [-0.2, -0.15) is 0 Å². The summed E-state index contributed by atoms with van der Waals surface area (Å²) in [6, 6.07) is 5.74. The summed E-state index contributed by atoms with van der Waals surface area (Å²) in [7, 11) is 0. The van der Waals surface area contributed by atoms with Gasteiger partial charge in [-0.25, -0.2) is 0 Å². The van der Waals surface area contributed by atoms with Crippen LogP contribution in [0.1, 0.15) is 26.3 Å². The van der Waals surface area contributed by atoms with Crippen LogP contribution in [0.15, 0.2) is 22.7 Å². The fraction of sp³-hybridized carbons (Fsp3) is 0.364. The first-order chi connectivity index (χ1) is 6.48. The molecule has 0 radical (unpaired) electrons. The average Bonchev–Trinajstić information content (AvgIpc) is 2.46. The minimum absolute atomic E-state index is 0.0412. The number of nitrogens with zero attached hydrogens (tertiary/aromatic N) is 1. The lowest BCUT2D eigenvalue weighted by molar-refractivity contribution is 0.376. The van der Waals surface area contributed by atoms with E-state index < -0.39 is 0 Å². The summed E-state index contributed by atoms with van der Waals surface area (Å²) in [5.74, 6) is -0.0412. The maximum absolute atomic E-state index is 9.30. The van der Waals surface area contributed by atoms with Gasteiger partial charge in [0.05, 0.1) is 5.39 Å². The van der Waals surface area contributed by atoms with Gasteiger partial charge in [-0.3, -0.25) is 0 Å². The molecule has 0 unspecified atom stereocenters. The largest absolute Gasteiger partial charge is 0.491 e. The molecule has 14 heavy (non-hydrogen) atoms. The zero-order chi connectivity index (χ0) is 10.3. The molecule has 1 aromatic carbocycles. The van der Waals surface area contributed by atoms with Crippen LogP contribution in [-0.2, 0) is 5.41 Å². The Hall–Kier alpha value is -1.51. The van der Waals surface area contributed by atoms with E-state index in [-0.39, 0.29) is 11.3 Å². The lowest BCUT2D eigenvalue weighted by atomic mass is 9.87. The average molecular weight is 191 g/mol. The van der Waals surface area contributed by atoms with E-state index in [4.69, 9.17) is 4.52 Å². The maximum Gasteiger partial charge on any atom is 0.259 e. The number of aromatic nitrogens is 1. The van der Waals surface area contributed by atoms with E-state index in [1.54, 1.807) is 0 Å². The Morgan fingerprint density at radius 3 is 2.64 bits per heavy atom. The van der Waals surface area contributed by atoms with Gasteiger partial charge in [-0.1, -0.05) is 26.8 Å². The smallest absolute Gasteiger partial charge is 0.259 e. The highest BCUT2D eigenvalue weighted by Gasteiger charge is 2.16. The van der Waals surface area contributed by atoms with E-state index in [2.05, 4.69) is 25.9 Å². The standard InChI is InChI=1S/C11H13NO2/c1-11(2,3)7-4-5-8-9(6-7)14-12-10(8)13/h4-6H,1-3H3,(H,12,13). The van der Waals surface area contributed by atoms with Crippen molar-refractivity contribution < 1.29 is 9.63 Å². The molecule has 0 fully saturated rings. The lowest BCUT2D eigenvalue weighted by Crippen LogP contribution is -2.10. The molecule has 1 heterocycles. The summed E-state index contributed by atoms with van der Waals surface area (Å²) in [6.07, 6.45) is 0. The van der Waals surface area contributed by atoms with E-state index >= 15 is 0 Å². The van der Waals surface area contributed by atoms with Gasteiger partial charge in [0.2, 0.25) is 0 Å². The van der Waals surface area contributed by atoms with Gasteiger partial charge < -0.3 is 9.63 Å². The normalized spacial score (nSPS) is 12.2. The van der Waals surface area contributed by atoms with E-state index in [9.17, 15) is 5.11 Å². The van der Waals surface area contributed by atoms with Crippen molar-refractivity contribution in [2.45, 2.75) is 26.2 Å². The van der Waals surface area contributed by atoms with Crippen LogP contribution in [0.4, 0.5) is 0 Å². The summed E-state index contributed by atoms with van der Waals surface area (Å²) in [5.41, 5.74) is 1.88. The van der Waals surface area contributed by atoms with Crippen molar-refractivity contribution in [2.24, 2.45) is 0 Å². The predicted molar refractivity (Wildman–Crippen MR) is 54.4 cm³/mol. The van der Waals surface area contributed by atoms with E-state index in [0.717, 1.165) is 0 Å². The third-order valence-corrected chi connectivity index (χ3v) is 2.32. The number of fused-ring (bicyclic) bond motifs is 1. The topological polar surface area (TPSA) is 46.3 Å². The number of hydrogen-bond acceptors (Lipinski definition) is 3. The fourth-order valence-electron chi connectivity index (χ4n) is 1.39. The Labute approximate surface area is 82.3 Å². The Morgan fingerprint density at radius 1 is 1.29 bits per heavy atom. The zero-order valence-electron chi connectivity index (χ0n) is 8.53. The summed E-state index contributed by atoms with van der Waals surface area (Å²) >= 11 is 0. The van der Waals surface area contributed by atoms with Gasteiger partial charge in [0.1, 0.15) is 0 Å². The van der Waals surface area contributed by atoms with Gasteiger partial charge in [0.15, 0.2) is 5.58 Å². The molecular formula is C11H13NO2. The first kappa shape index (κ1) is 9.06. The van der Waals surface area contributed by atoms with Crippen LogP contribution in [0.3, 0.4) is 0 Å². The SMILES string of the molecule is CC(C)(C)c1ccc2c(O)noc2c1. The van der Waals surface area contributed by atoms with Crippen molar-refractivity contribution in [1.82, 2.24) is 5.16 Å². The van der Waals surface area contributed by atoms with Crippen LogP contribution in [-0.4, -0.2) is 10.3 Å². The first-order valence-corrected chi connectivity index (χ1v) is 4.57. The van der Waals surface area contributed by atoms with Crippen LogP contribution in [0.25, 0.3) is 11.0 Å². The quantitative estimate of drug-likeness (QED) is 0.696. The molecule has 0 bridgehead atoms. The molecule has 3 nitrogen and oxygen atoms in total. The van der Waals surface area contributed by atoms with Crippen LogP contribution in [0, 0.1) is 0 Å². The second-order valence-electron chi connectivity index (χ2n) is 4.47. The highest BCUT2D eigenvalue weighted by Crippen LogP contribution is 2.29. The number of benzene rings is 1. The van der Waals surface area contributed by atoms with Crippen LogP contribution >= 0.6 is 0 Å². The minimum Gasteiger partial charge on any atom is -0.491 e. The van der Waals surface area contributed by atoms with Crippen molar-refractivity contribution >= 4 is 11.0 Å². The number of aromatic hydroxyl groups is 1. The van der Waals surface area contributed by atoms with Crippen molar-refractivity contribution in [1.29, 1.82) is 0 Å². The Balaban J connectivity index is 2.63. The molecule has 3 heteroatoms. The molecule has 2 rings (SSSR count). The molecule has 0 amide bonds. The first-order valence-electron chi connectivity index (χ1n) is 4.57. The maximum atomic E-state index is 9.30. The minimum atomic E-state index is -0.0412. The molecule has 0 aliphatic carbocycles. The molecule has 2 aromatic rings. The van der Waals surface area contributed by atoms with Gasteiger partial charge in [0.25, 0.3) is 5.88 Å². The summed E-state index contributed by atoms with van der Waals surface area (Å²) in [5, 5.41) is 13.5. The van der Waals surface area contributed by atoms with Crippen LogP contribution in [0.2, 0.25) is 0 Å². The van der Waals surface area contributed by atoms with E-state index in [1.165, 1.54) is 5.56 Å².